The fourth-order valence-corrected chi connectivity index (χ4v) is 4.84. The van der Waals surface area contributed by atoms with Crippen LogP contribution in [0.5, 0.6) is 11.6 Å². The number of aromatic nitrogens is 2. The van der Waals surface area contributed by atoms with E-state index in [1.165, 1.54) is 28.4 Å². The second kappa shape index (κ2) is 10.9. The zero-order chi connectivity index (χ0) is 26.6. The van der Waals surface area contributed by atoms with Crippen molar-refractivity contribution in [1.82, 2.24) is 9.36 Å². The molecule has 0 radical (unpaired) electrons. The van der Waals surface area contributed by atoms with Gasteiger partial charge in [-0.2, -0.15) is 8.42 Å². The van der Waals surface area contributed by atoms with Crippen molar-refractivity contribution >= 4 is 16.1 Å². The first-order valence-corrected chi connectivity index (χ1v) is 13.3. The van der Waals surface area contributed by atoms with Crippen molar-refractivity contribution < 1.29 is 22.1 Å². The number of carbonyl (C=O) groups is 1. The van der Waals surface area contributed by atoms with Crippen LogP contribution in [0, 0.1) is 6.92 Å². The molecule has 1 heterocycles. The van der Waals surface area contributed by atoms with Crippen molar-refractivity contribution in [1.29, 1.82) is 0 Å². The van der Waals surface area contributed by atoms with Crippen molar-refractivity contribution in [3.05, 3.63) is 100 Å². The maximum absolute atomic E-state index is 13.8. The highest BCUT2D eigenvalue weighted by atomic mass is 32.2. The third kappa shape index (κ3) is 5.67. The highest BCUT2D eigenvalue weighted by molar-refractivity contribution is 7.87. The predicted octanol–water partition coefficient (Wildman–Crippen LogP) is 4.97. The minimum atomic E-state index is -4.24. The van der Waals surface area contributed by atoms with Gasteiger partial charge in [0.05, 0.1) is 16.9 Å². The first-order chi connectivity index (χ1) is 17.7. The summed E-state index contributed by atoms with van der Waals surface area (Å²) < 4.78 is 40.4. The number of rotatable bonds is 9. The lowest BCUT2D eigenvalue weighted by Crippen LogP contribution is -2.22. The average Bonchev–Trinajstić information content (AvgIpc) is 3.14. The molecule has 0 atom stereocenters. The molecule has 0 saturated heterocycles. The SMILES string of the molecule is CCCCc1c(OS(=O)(=O)c2ccc(C)cc2)n(-c2ccccc2)n(-c2ccc(OC(C)=O)cc2)c1=O. The number of hydrogen-bond donors (Lipinski definition) is 0. The van der Waals surface area contributed by atoms with Crippen LogP contribution < -0.4 is 14.5 Å². The van der Waals surface area contributed by atoms with Crippen LogP contribution in [-0.4, -0.2) is 23.8 Å². The van der Waals surface area contributed by atoms with E-state index in [2.05, 4.69) is 0 Å². The van der Waals surface area contributed by atoms with Crippen molar-refractivity contribution in [3.63, 3.8) is 0 Å². The fraction of sp³-hybridized carbons (Fsp3) is 0.214. The van der Waals surface area contributed by atoms with Gasteiger partial charge in [0.15, 0.2) is 0 Å². The molecule has 0 aliphatic carbocycles. The van der Waals surface area contributed by atoms with E-state index >= 15 is 0 Å². The van der Waals surface area contributed by atoms with Gasteiger partial charge in [-0.25, -0.2) is 9.36 Å². The van der Waals surface area contributed by atoms with E-state index in [4.69, 9.17) is 8.92 Å². The van der Waals surface area contributed by atoms with Gasteiger partial charge in [0, 0.05) is 6.92 Å². The van der Waals surface area contributed by atoms with E-state index in [1.54, 1.807) is 60.7 Å². The zero-order valence-electron chi connectivity index (χ0n) is 20.9. The van der Waals surface area contributed by atoms with Crippen LogP contribution in [0.2, 0.25) is 0 Å². The maximum atomic E-state index is 13.8. The van der Waals surface area contributed by atoms with Crippen LogP contribution in [0.4, 0.5) is 0 Å². The second-order valence-electron chi connectivity index (χ2n) is 8.59. The normalized spacial score (nSPS) is 11.3. The first kappa shape index (κ1) is 26.0. The van der Waals surface area contributed by atoms with Gasteiger partial charge in [0.1, 0.15) is 10.6 Å². The van der Waals surface area contributed by atoms with Gasteiger partial charge >= 0.3 is 16.1 Å². The first-order valence-electron chi connectivity index (χ1n) is 11.9. The largest absolute Gasteiger partial charge is 0.427 e. The fourth-order valence-electron chi connectivity index (χ4n) is 3.89. The summed E-state index contributed by atoms with van der Waals surface area (Å²) in [5, 5.41) is 0. The summed E-state index contributed by atoms with van der Waals surface area (Å²) in [7, 11) is -4.24. The molecule has 8 nitrogen and oxygen atoms in total. The Morgan fingerprint density at radius 3 is 2.08 bits per heavy atom. The van der Waals surface area contributed by atoms with E-state index in [-0.39, 0.29) is 16.3 Å². The topological polar surface area (TPSA) is 96.6 Å². The molecule has 3 aromatic carbocycles. The van der Waals surface area contributed by atoms with Crippen molar-refractivity contribution in [3.8, 4) is 23.0 Å². The maximum Gasteiger partial charge on any atom is 0.340 e. The van der Waals surface area contributed by atoms with Gasteiger partial charge < -0.3 is 8.92 Å². The molecule has 0 unspecified atom stereocenters. The number of nitrogens with zero attached hydrogens (tertiary/aromatic N) is 2. The number of hydrogen-bond acceptors (Lipinski definition) is 6. The molecule has 0 aliphatic heterocycles. The van der Waals surface area contributed by atoms with Gasteiger partial charge in [-0.3, -0.25) is 9.59 Å². The number of ether oxygens (including phenoxy) is 1. The number of benzene rings is 3. The molecule has 0 fully saturated rings. The molecule has 37 heavy (non-hydrogen) atoms. The summed E-state index contributed by atoms with van der Waals surface area (Å²) in [4.78, 5) is 25.1. The van der Waals surface area contributed by atoms with Gasteiger partial charge in [-0.05, 0) is 68.3 Å². The quantitative estimate of drug-likeness (QED) is 0.176. The molecular formula is C28H28N2O6S. The highest BCUT2D eigenvalue weighted by Crippen LogP contribution is 2.29. The summed E-state index contributed by atoms with van der Waals surface area (Å²) in [6.07, 6.45) is 1.80. The Bertz CT molecular complexity index is 1550. The Balaban J connectivity index is 1.94. The van der Waals surface area contributed by atoms with Crippen LogP contribution in [0.1, 0.15) is 37.8 Å². The van der Waals surface area contributed by atoms with Gasteiger partial charge in [0.25, 0.3) is 5.56 Å². The molecule has 4 aromatic rings. The third-order valence-electron chi connectivity index (χ3n) is 5.72. The van der Waals surface area contributed by atoms with E-state index in [9.17, 15) is 18.0 Å². The predicted molar refractivity (Wildman–Crippen MR) is 140 cm³/mol. The number of carbonyl (C=O) groups excluding carboxylic acids is 1. The Morgan fingerprint density at radius 1 is 0.865 bits per heavy atom. The molecular weight excluding hydrogens is 492 g/mol. The van der Waals surface area contributed by atoms with Crippen molar-refractivity contribution in [2.24, 2.45) is 0 Å². The van der Waals surface area contributed by atoms with Crippen LogP contribution >= 0.6 is 0 Å². The minimum Gasteiger partial charge on any atom is -0.427 e. The third-order valence-corrected chi connectivity index (χ3v) is 6.95. The smallest absolute Gasteiger partial charge is 0.340 e. The number of aryl methyl sites for hydroxylation is 1. The number of unbranched alkanes of at least 4 members (excludes halogenated alkanes) is 1. The van der Waals surface area contributed by atoms with Crippen LogP contribution in [0.3, 0.4) is 0 Å². The zero-order valence-corrected chi connectivity index (χ0v) is 21.7. The summed E-state index contributed by atoms with van der Waals surface area (Å²) >= 11 is 0. The molecule has 1 aromatic heterocycles. The Labute approximate surface area is 215 Å². The van der Waals surface area contributed by atoms with E-state index in [0.717, 1.165) is 12.0 Å². The monoisotopic (exact) mass is 520 g/mol. The molecule has 0 bridgehead atoms. The molecule has 9 heteroatoms. The molecule has 4 rings (SSSR count). The highest BCUT2D eigenvalue weighted by Gasteiger charge is 2.28. The van der Waals surface area contributed by atoms with Crippen LogP contribution in [0.25, 0.3) is 11.4 Å². The van der Waals surface area contributed by atoms with E-state index in [0.29, 0.717) is 30.0 Å². The van der Waals surface area contributed by atoms with Gasteiger partial charge in [0.2, 0.25) is 5.88 Å². The van der Waals surface area contributed by atoms with E-state index in [1.807, 2.05) is 19.9 Å². The summed E-state index contributed by atoms with van der Waals surface area (Å²) in [6.45, 7) is 5.15. The molecule has 0 N–H and O–H groups in total. The lowest BCUT2D eigenvalue weighted by molar-refractivity contribution is -0.131. The number of esters is 1. The Morgan fingerprint density at radius 2 is 1.49 bits per heavy atom. The van der Waals surface area contributed by atoms with Gasteiger partial charge in [-0.1, -0.05) is 49.2 Å². The average molecular weight is 521 g/mol. The second-order valence-corrected chi connectivity index (χ2v) is 10.1. The number of para-hydroxylation sites is 1. The standard InChI is InChI=1S/C28H28N2O6S/c1-4-5-11-26-27(32)29(23-14-16-24(17-15-23)35-21(3)31)30(22-9-7-6-8-10-22)28(26)36-37(33,34)25-18-12-20(2)13-19-25/h6-10,12-19H,4-5,11H2,1-3H3. The molecule has 0 amide bonds. The lowest BCUT2D eigenvalue weighted by atomic mass is 10.1. The molecule has 0 saturated carbocycles. The molecule has 0 aliphatic rings. The van der Waals surface area contributed by atoms with Crippen molar-refractivity contribution in [2.45, 2.75) is 44.9 Å². The summed E-state index contributed by atoms with van der Waals surface area (Å²) in [5.41, 5.74) is 1.76. The van der Waals surface area contributed by atoms with E-state index < -0.39 is 21.6 Å². The van der Waals surface area contributed by atoms with Crippen molar-refractivity contribution in [2.75, 3.05) is 0 Å². The van der Waals surface area contributed by atoms with Gasteiger partial charge in [-0.15, -0.1) is 0 Å². The Hall–Kier alpha value is -4.11. The lowest BCUT2D eigenvalue weighted by Gasteiger charge is -2.16. The Kier molecular flexibility index (Phi) is 7.63. The van der Waals surface area contributed by atoms with Crippen LogP contribution in [-0.2, 0) is 21.3 Å². The summed E-state index contributed by atoms with van der Waals surface area (Å²) in [6, 6.07) is 21.7. The summed E-state index contributed by atoms with van der Waals surface area (Å²) in [5.74, 6) is -0.197. The molecule has 192 valence electrons. The minimum absolute atomic E-state index is 0.00918. The molecule has 0 spiro atoms. The van der Waals surface area contributed by atoms with Crippen LogP contribution in [0.15, 0.2) is 88.6 Å².